The molecule has 0 aliphatic carbocycles. The van der Waals surface area contributed by atoms with Gasteiger partial charge in [-0.05, 0) is 55.5 Å². The first-order valence-corrected chi connectivity index (χ1v) is 9.82. The van der Waals surface area contributed by atoms with Crippen molar-refractivity contribution in [2.24, 2.45) is 0 Å². The van der Waals surface area contributed by atoms with E-state index in [1.54, 1.807) is 0 Å². The van der Waals surface area contributed by atoms with E-state index in [-0.39, 0.29) is 24.3 Å². The van der Waals surface area contributed by atoms with Gasteiger partial charge in [0.25, 0.3) is 5.91 Å². The third-order valence-corrected chi connectivity index (χ3v) is 4.87. The summed E-state index contributed by atoms with van der Waals surface area (Å²) >= 11 is 0. The molecule has 0 aromatic heterocycles. The Morgan fingerprint density at radius 2 is 1.59 bits per heavy atom. The van der Waals surface area contributed by atoms with Crippen molar-refractivity contribution in [1.82, 2.24) is 5.32 Å². The molecule has 0 bridgehead atoms. The van der Waals surface area contributed by atoms with Gasteiger partial charge in [0.2, 0.25) is 0 Å². The highest BCUT2D eigenvalue weighted by molar-refractivity contribution is 8.45. The molecule has 1 amide bonds. The minimum absolute atomic E-state index is 0.118. The Balaban J connectivity index is 2.10. The minimum Gasteiger partial charge on any atom is -0.490 e. The molecule has 0 saturated heterocycles. The van der Waals surface area contributed by atoms with Gasteiger partial charge in [-0.3, -0.25) is 4.79 Å². The van der Waals surface area contributed by atoms with Crippen molar-refractivity contribution in [3.63, 3.8) is 0 Å². The van der Waals surface area contributed by atoms with E-state index in [0.717, 1.165) is 0 Å². The normalized spacial score (nSPS) is 15.6. The number of amides is 1. The Morgan fingerprint density at radius 3 is 2.03 bits per heavy atom. The van der Waals surface area contributed by atoms with E-state index in [4.69, 9.17) is 10.00 Å². The van der Waals surface area contributed by atoms with Gasteiger partial charge in [0.15, 0.2) is 5.54 Å². The first-order valence-electron chi connectivity index (χ1n) is 7.87. The topological polar surface area (TPSA) is 85.9 Å². The largest absolute Gasteiger partial charge is 0.490 e. The van der Waals surface area contributed by atoms with Gasteiger partial charge in [0.05, 0.1) is 17.7 Å². The highest BCUT2D eigenvalue weighted by Gasteiger charge is 2.65. The van der Waals surface area contributed by atoms with Crippen molar-refractivity contribution in [2.45, 2.75) is 17.4 Å². The minimum atomic E-state index is -9.84. The average molecular weight is 431 g/mol. The first-order chi connectivity index (χ1) is 13.2. The molecule has 2 rings (SSSR count). The Kier molecular flexibility index (Phi) is 5.03. The predicted molar refractivity (Wildman–Crippen MR) is 96.0 cm³/mol. The second-order valence-electron chi connectivity index (χ2n) is 6.32. The van der Waals surface area contributed by atoms with Crippen LogP contribution in [0.2, 0.25) is 0 Å². The molecule has 11 heteroatoms. The number of nitrogens with one attached hydrogen (secondary N) is 1. The summed E-state index contributed by atoms with van der Waals surface area (Å²) in [6.45, 7) is 1.00. The van der Waals surface area contributed by atoms with Crippen LogP contribution >= 0.6 is 10.2 Å². The number of ether oxygens (including phenoxy) is 1. The molecule has 0 heterocycles. The molecular formula is C18H14F5N3O2S. The van der Waals surface area contributed by atoms with Gasteiger partial charge in [-0.25, -0.2) is 0 Å². The van der Waals surface area contributed by atoms with Gasteiger partial charge in [0.1, 0.15) is 17.3 Å². The lowest BCUT2D eigenvalue weighted by molar-refractivity contribution is 0.0901. The molecule has 5 nitrogen and oxygen atoms in total. The Labute approximate surface area is 163 Å². The first kappa shape index (κ1) is 22.0. The summed E-state index contributed by atoms with van der Waals surface area (Å²) in [5, 5.41) is 20.4. The summed E-state index contributed by atoms with van der Waals surface area (Å²) in [5.74, 6) is -0.619. The Hall–Kier alpha value is -3.31. The van der Waals surface area contributed by atoms with E-state index in [1.165, 1.54) is 31.2 Å². The number of nitrogens with zero attached hydrogens (tertiary/aromatic N) is 2. The maximum absolute atomic E-state index is 12.7. The second kappa shape index (κ2) is 6.64. The number of nitriles is 2. The SMILES string of the molecule is CC(C#N)(COc1ccc(C#N)cc1)NC(=O)c1ccc(S(F)(F)(F)(F)F)cc1. The fourth-order valence-electron chi connectivity index (χ4n) is 2.14. The van der Waals surface area contributed by atoms with Crippen molar-refractivity contribution >= 4 is 16.1 Å². The Morgan fingerprint density at radius 1 is 1.03 bits per heavy atom. The van der Waals surface area contributed by atoms with Crippen LogP contribution in [0.4, 0.5) is 19.4 Å². The average Bonchev–Trinajstić information content (AvgIpc) is 2.65. The van der Waals surface area contributed by atoms with Crippen LogP contribution in [-0.2, 0) is 0 Å². The zero-order valence-corrected chi connectivity index (χ0v) is 15.7. The van der Waals surface area contributed by atoms with Crippen LogP contribution in [0.5, 0.6) is 5.75 Å². The molecule has 1 N–H and O–H groups in total. The monoisotopic (exact) mass is 431 g/mol. The van der Waals surface area contributed by atoms with Gasteiger partial charge in [0, 0.05) is 5.56 Å². The van der Waals surface area contributed by atoms with Crippen LogP contribution in [0.3, 0.4) is 0 Å². The van der Waals surface area contributed by atoms with Crippen molar-refractivity contribution < 1.29 is 29.0 Å². The van der Waals surface area contributed by atoms with Crippen LogP contribution in [0.1, 0.15) is 22.8 Å². The predicted octanol–water partition coefficient (Wildman–Crippen LogP) is 5.31. The summed E-state index contributed by atoms with van der Waals surface area (Å²) in [5.41, 5.74) is -1.51. The Bertz CT molecular complexity index is 1010. The zero-order valence-electron chi connectivity index (χ0n) is 14.8. The smallest absolute Gasteiger partial charge is 0.310 e. The van der Waals surface area contributed by atoms with Gasteiger partial charge in [-0.15, -0.1) is 0 Å². The molecule has 0 aliphatic heterocycles. The third-order valence-electron chi connectivity index (χ3n) is 3.71. The third kappa shape index (κ3) is 5.83. The van der Waals surface area contributed by atoms with E-state index in [2.05, 4.69) is 5.32 Å². The van der Waals surface area contributed by atoms with Gasteiger partial charge >= 0.3 is 10.2 Å². The summed E-state index contributed by atoms with van der Waals surface area (Å²) in [4.78, 5) is 10.1. The molecule has 0 aliphatic rings. The zero-order chi connectivity index (χ0) is 22.0. The molecule has 0 saturated carbocycles. The van der Waals surface area contributed by atoms with Crippen molar-refractivity contribution in [3.05, 3.63) is 59.7 Å². The van der Waals surface area contributed by atoms with Crippen LogP contribution in [0.15, 0.2) is 53.4 Å². The van der Waals surface area contributed by atoms with Gasteiger partial charge in [-0.1, -0.05) is 19.4 Å². The van der Waals surface area contributed by atoms with Crippen molar-refractivity contribution in [1.29, 1.82) is 10.5 Å². The molecule has 154 valence electrons. The fourth-order valence-corrected chi connectivity index (χ4v) is 2.79. The molecule has 0 radical (unpaired) electrons. The lowest BCUT2D eigenvalue weighted by Crippen LogP contribution is -2.49. The molecule has 2 aromatic carbocycles. The standard InChI is InChI=1S/C18H14F5N3O2S/c1-18(11-25,12-28-15-6-2-13(10-24)3-7-15)26-17(27)14-4-8-16(9-5-14)29(19,20,21,22)23/h2-9H,12H2,1H3,(H,26,27). The number of hydrogen-bond acceptors (Lipinski definition) is 4. The summed E-state index contributed by atoms with van der Waals surface area (Å²) in [6, 6.07) is 11.1. The van der Waals surface area contributed by atoms with Crippen LogP contribution in [0.25, 0.3) is 0 Å². The van der Waals surface area contributed by atoms with E-state index in [9.17, 15) is 29.5 Å². The number of carbonyl (C=O) groups is 1. The van der Waals surface area contributed by atoms with E-state index in [0.29, 0.717) is 23.4 Å². The number of hydrogen-bond donors (Lipinski definition) is 1. The van der Waals surface area contributed by atoms with Gasteiger partial charge in [-0.2, -0.15) is 10.5 Å². The van der Waals surface area contributed by atoms with Crippen LogP contribution in [-0.4, -0.2) is 18.1 Å². The van der Waals surface area contributed by atoms with E-state index >= 15 is 0 Å². The summed E-state index contributed by atoms with van der Waals surface area (Å²) in [6.07, 6.45) is 0. The number of benzene rings is 2. The van der Waals surface area contributed by atoms with Crippen molar-refractivity contribution in [2.75, 3.05) is 6.61 Å². The molecule has 0 spiro atoms. The quantitative estimate of drug-likeness (QED) is 0.629. The lowest BCUT2D eigenvalue weighted by Gasteiger charge is -2.40. The maximum atomic E-state index is 12.7. The molecule has 1 unspecified atom stereocenters. The van der Waals surface area contributed by atoms with Crippen LogP contribution < -0.4 is 10.1 Å². The highest BCUT2D eigenvalue weighted by Crippen LogP contribution is 3.02. The van der Waals surface area contributed by atoms with Gasteiger partial charge < -0.3 is 10.1 Å². The molecule has 29 heavy (non-hydrogen) atoms. The lowest BCUT2D eigenvalue weighted by atomic mass is 10.1. The maximum Gasteiger partial charge on any atom is 0.310 e. The molecular weight excluding hydrogens is 417 g/mol. The highest BCUT2D eigenvalue weighted by atomic mass is 32.5. The van der Waals surface area contributed by atoms with Crippen LogP contribution in [0, 0.1) is 22.7 Å². The number of halogens is 5. The molecule has 2 aromatic rings. The number of rotatable bonds is 6. The summed E-state index contributed by atoms with van der Waals surface area (Å²) < 4.78 is 69.1. The summed E-state index contributed by atoms with van der Waals surface area (Å²) in [7, 11) is -9.84. The van der Waals surface area contributed by atoms with Crippen molar-refractivity contribution in [3.8, 4) is 17.9 Å². The molecule has 0 fully saturated rings. The fraction of sp³-hybridized carbons (Fsp3) is 0.167. The van der Waals surface area contributed by atoms with E-state index in [1.807, 2.05) is 12.1 Å². The number of carbonyl (C=O) groups excluding carboxylic acids is 1. The van der Waals surface area contributed by atoms with E-state index < -0.39 is 26.6 Å². The molecule has 1 atom stereocenters. The second-order valence-corrected chi connectivity index (χ2v) is 8.73.